The standard InChI is InChI=1S/C8H19O4P/c1-6(2)8(7(3)9)5-12-13(4,10)11/h6-9H,5H2,1-4H3,(H,10,11). The zero-order chi connectivity index (χ0) is 10.6. The van der Waals surface area contributed by atoms with E-state index in [1.165, 1.54) is 0 Å². The Kier molecular flexibility index (Phi) is 5.15. The highest BCUT2D eigenvalue weighted by Crippen LogP contribution is 2.37. The third-order valence-electron chi connectivity index (χ3n) is 1.98. The molecule has 0 fully saturated rings. The molecule has 0 rings (SSSR count). The first-order valence-electron chi connectivity index (χ1n) is 4.37. The molecule has 80 valence electrons. The number of hydrogen-bond acceptors (Lipinski definition) is 3. The van der Waals surface area contributed by atoms with E-state index in [9.17, 15) is 9.67 Å². The maximum absolute atomic E-state index is 10.8. The zero-order valence-corrected chi connectivity index (χ0v) is 9.49. The van der Waals surface area contributed by atoms with Crippen LogP contribution in [0.4, 0.5) is 0 Å². The summed E-state index contributed by atoms with van der Waals surface area (Å²) in [5.41, 5.74) is 0. The quantitative estimate of drug-likeness (QED) is 0.674. The van der Waals surface area contributed by atoms with E-state index in [1.807, 2.05) is 13.8 Å². The molecule has 0 spiro atoms. The van der Waals surface area contributed by atoms with E-state index >= 15 is 0 Å². The lowest BCUT2D eigenvalue weighted by atomic mass is 9.92. The fraction of sp³-hybridized carbons (Fsp3) is 1.00. The van der Waals surface area contributed by atoms with Crippen LogP contribution in [0.5, 0.6) is 0 Å². The largest absolute Gasteiger partial charge is 0.393 e. The molecule has 2 N–H and O–H groups in total. The van der Waals surface area contributed by atoms with E-state index in [2.05, 4.69) is 0 Å². The highest BCUT2D eigenvalue weighted by atomic mass is 31.2. The van der Waals surface area contributed by atoms with E-state index in [0.717, 1.165) is 6.66 Å². The predicted molar refractivity (Wildman–Crippen MR) is 51.7 cm³/mol. The molecule has 0 aromatic rings. The summed E-state index contributed by atoms with van der Waals surface area (Å²) < 4.78 is 15.6. The Balaban J connectivity index is 4.06. The topological polar surface area (TPSA) is 66.8 Å². The molecule has 0 heterocycles. The van der Waals surface area contributed by atoms with Crippen LogP contribution in [0.3, 0.4) is 0 Å². The van der Waals surface area contributed by atoms with Gasteiger partial charge in [0.05, 0.1) is 12.7 Å². The van der Waals surface area contributed by atoms with Gasteiger partial charge in [-0.05, 0) is 12.8 Å². The van der Waals surface area contributed by atoms with Gasteiger partial charge in [-0.25, -0.2) is 0 Å². The minimum Gasteiger partial charge on any atom is -0.393 e. The average Bonchev–Trinajstić information content (AvgIpc) is 1.82. The SMILES string of the molecule is CC(C)C(COP(C)(=O)O)C(C)O. The van der Waals surface area contributed by atoms with E-state index < -0.39 is 13.7 Å². The lowest BCUT2D eigenvalue weighted by molar-refractivity contribution is 0.0590. The molecular formula is C8H19O4P. The van der Waals surface area contributed by atoms with Crippen molar-refractivity contribution in [2.75, 3.05) is 13.3 Å². The fourth-order valence-electron chi connectivity index (χ4n) is 1.11. The second kappa shape index (κ2) is 5.11. The number of aliphatic hydroxyl groups excluding tert-OH is 1. The number of aliphatic hydroxyl groups is 1. The van der Waals surface area contributed by atoms with Crippen LogP contribution in [0.1, 0.15) is 20.8 Å². The number of rotatable bonds is 5. The third kappa shape index (κ3) is 6.22. The molecule has 0 aliphatic carbocycles. The summed E-state index contributed by atoms with van der Waals surface area (Å²) in [7, 11) is -3.41. The van der Waals surface area contributed by atoms with Gasteiger partial charge in [-0.15, -0.1) is 0 Å². The van der Waals surface area contributed by atoms with Gasteiger partial charge < -0.3 is 14.5 Å². The fourth-order valence-corrected chi connectivity index (χ4v) is 1.56. The van der Waals surface area contributed by atoms with Crippen molar-refractivity contribution in [1.29, 1.82) is 0 Å². The van der Waals surface area contributed by atoms with Crippen LogP contribution in [0, 0.1) is 11.8 Å². The second-order valence-corrected chi connectivity index (χ2v) is 5.61. The van der Waals surface area contributed by atoms with E-state index in [0.29, 0.717) is 0 Å². The minimum atomic E-state index is -3.41. The van der Waals surface area contributed by atoms with Gasteiger partial charge in [0.1, 0.15) is 0 Å². The molecule has 3 unspecified atom stereocenters. The molecule has 0 amide bonds. The van der Waals surface area contributed by atoms with Gasteiger partial charge in [0.2, 0.25) is 0 Å². The van der Waals surface area contributed by atoms with Crippen molar-refractivity contribution in [3.05, 3.63) is 0 Å². The molecule has 0 radical (unpaired) electrons. The van der Waals surface area contributed by atoms with Crippen LogP contribution in [0.25, 0.3) is 0 Å². The molecule has 5 heteroatoms. The molecule has 13 heavy (non-hydrogen) atoms. The molecular weight excluding hydrogens is 191 g/mol. The van der Waals surface area contributed by atoms with Gasteiger partial charge in [-0.3, -0.25) is 4.57 Å². The Labute approximate surface area is 79.5 Å². The molecule has 0 saturated carbocycles. The molecule has 0 aromatic carbocycles. The Morgan fingerprint density at radius 3 is 2.08 bits per heavy atom. The average molecular weight is 210 g/mol. The van der Waals surface area contributed by atoms with Gasteiger partial charge in [0.15, 0.2) is 0 Å². The van der Waals surface area contributed by atoms with E-state index in [1.54, 1.807) is 6.92 Å². The molecule has 4 nitrogen and oxygen atoms in total. The maximum Gasteiger partial charge on any atom is 0.325 e. The maximum atomic E-state index is 10.8. The summed E-state index contributed by atoms with van der Waals surface area (Å²) in [6, 6.07) is 0. The van der Waals surface area contributed by atoms with Gasteiger partial charge in [0.25, 0.3) is 0 Å². The van der Waals surface area contributed by atoms with Crippen LogP contribution in [0.15, 0.2) is 0 Å². The Hall–Kier alpha value is 0.110. The van der Waals surface area contributed by atoms with Crippen molar-refractivity contribution < 1.29 is 19.1 Å². The molecule has 0 aliphatic heterocycles. The van der Waals surface area contributed by atoms with Gasteiger partial charge in [-0.1, -0.05) is 13.8 Å². The van der Waals surface area contributed by atoms with Crippen LogP contribution < -0.4 is 0 Å². The van der Waals surface area contributed by atoms with Gasteiger partial charge >= 0.3 is 7.60 Å². The molecule has 3 atom stereocenters. The Bertz CT molecular complexity index is 177. The predicted octanol–water partition coefficient (Wildman–Crippen LogP) is 1.47. The smallest absolute Gasteiger partial charge is 0.325 e. The van der Waals surface area contributed by atoms with E-state index in [-0.39, 0.29) is 18.4 Å². The summed E-state index contributed by atoms with van der Waals surface area (Å²) in [6.07, 6.45) is -0.522. The van der Waals surface area contributed by atoms with Crippen LogP contribution >= 0.6 is 7.60 Å². The normalized spacial score (nSPS) is 21.2. The summed E-state index contributed by atoms with van der Waals surface area (Å²) in [6.45, 7) is 6.81. The lowest BCUT2D eigenvalue weighted by Gasteiger charge is -2.23. The van der Waals surface area contributed by atoms with Gasteiger partial charge in [0, 0.05) is 12.6 Å². The molecule has 0 aliphatic rings. The Morgan fingerprint density at radius 1 is 1.38 bits per heavy atom. The van der Waals surface area contributed by atoms with Crippen LogP contribution in [-0.4, -0.2) is 29.4 Å². The third-order valence-corrected chi connectivity index (χ3v) is 2.61. The van der Waals surface area contributed by atoms with Crippen molar-refractivity contribution in [2.24, 2.45) is 11.8 Å². The molecule has 0 saturated heterocycles. The van der Waals surface area contributed by atoms with Crippen molar-refractivity contribution in [1.82, 2.24) is 0 Å². The molecule has 0 aromatic heterocycles. The van der Waals surface area contributed by atoms with Crippen molar-refractivity contribution in [3.8, 4) is 0 Å². The Morgan fingerprint density at radius 2 is 1.85 bits per heavy atom. The lowest BCUT2D eigenvalue weighted by Crippen LogP contribution is -2.26. The summed E-state index contributed by atoms with van der Waals surface area (Å²) in [4.78, 5) is 8.88. The zero-order valence-electron chi connectivity index (χ0n) is 8.60. The monoisotopic (exact) mass is 210 g/mol. The summed E-state index contributed by atoms with van der Waals surface area (Å²) in [5, 5.41) is 9.33. The van der Waals surface area contributed by atoms with Crippen molar-refractivity contribution >= 4 is 7.60 Å². The minimum absolute atomic E-state index is 0.0968. The first kappa shape index (κ1) is 13.1. The summed E-state index contributed by atoms with van der Waals surface area (Å²) >= 11 is 0. The van der Waals surface area contributed by atoms with Gasteiger partial charge in [-0.2, -0.15) is 0 Å². The summed E-state index contributed by atoms with van der Waals surface area (Å²) in [5.74, 6) is 0.131. The van der Waals surface area contributed by atoms with Crippen LogP contribution in [0.2, 0.25) is 0 Å². The van der Waals surface area contributed by atoms with Crippen molar-refractivity contribution in [3.63, 3.8) is 0 Å². The van der Waals surface area contributed by atoms with Crippen LogP contribution in [-0.2, 0) is 9.09 Å². The number of hydrogen-bond donors (Lipinski definition) is 2. The molecule has 0 bridgehead atoms. The van der Waals surface area contributed by atoms with E-state index in [4.69, 9.17) is 9.42 Å². The second-order valence-electron chi connectivity index (χ2n) is 3.75. The first-order chi connectivity index (χ1) is 5.74. The first-order valence-corrected chi connectivity index (χ1v) is 6.39. The van der Waals surface area contributed by atoms with Crippen molar-refractivity contribution in [2.45, 2.75) is 26.9 Å². The highest BCUT2D eigenvalue weighted by molar-refractivity contribution is 7.51. The highest BCUT2D eigenvalue weighted by Gasteiger charge is 2.22.